The van der Waals surface area contributed by atoms with Gasteiger partial charge in [0.25, 0.3) is 5.95 Å². The van der Waals surface area contributed by atoms with Crippen molar-refractivity contribution in [1.29, 1.82) is 0 Å². The van der Waals surface area contributed by atoms with Gasteiger partial charge in [-0.25, -0.2) is 14.6 Å². The number of hydrogen-bond acceptors (Lipinski definition) is 5. The minimum absolute atomic E-state index is 0.116. The van der Waals surface area contributed by atoms with Crippen LogP contribution in [0.1, 0.15) is 38.1 Å². The molecule has 8 heteroatoms. The molecule has 1 aromatic heterocycles. The third kappa shape index (κ3) is 3.26. The van der Waals surface area contributed by atoms with Crippen LogP contribution in [0.4, 0.5) is 10.7 Å². The highest BCUT2D eigenvalue weighted by atomic mass is 16.4. The van der Waals surface area contributed by atoms with Crippen LogP contribution < -0.4 is 5.32 Å². The van der Waals surface area contributed by atoms with E-state index in [0.29, 0.717) is 25.8 Å². The van der Waals surface area contributed by atoms with E-state index in [1.165, 1.54) is 4.90 Å². The van der Waals surface area contributed by atoms with E-state index in [1.807, 2.05) is 13.8 Å². The molecule has 2 heterocycles. The number of aromatic nitrogens is 3. The molecule has 2 amide bonds. The van der Waals surface area contributed by atoms with Gasteiger partial charge in [0, 0.05) is 6.54 Å². The summed E-state index contributed by atoms with van der Waals surface area (Å²) in [7, 11) is 0. The molecule has 1 unspecified atom stereocenters. The molecule has 1 aromatic rings. The Labute approximate surface area is 122 Å². The SMILES string of the molecule is CCc1nnc(NC(=O)N2CCCC2C(=O)O)nc1CC. The van der Waals surface area contributed by atoms with Gasteiger partial charge in [-0.2, -0.15) is 0 Å². The lowest BCUT2D eigenvalue weighted by Gasteiger charge is -2.21. The molecule has 2 N–H and O–H groups in total. The fourth-order valence-corrected chi connectivity index (χ4v) is 2.42. The Morgan fingerprint density at radius 3 is 2.62 bits per heavy atom. The highest BCUT2D eigenvalue weighted by Gasteiger charge is 2.34. The zero-order valence-electron chi connectivity index (χ0n) is 12.2. The van der Waals surface area contributed by atoms with Crippen molar-refractivity contribution in [3.8, 4) is 0 Å². The van der Waals surface area contributed by atoms with Crippen molar-refractivity contribution < 1.29 is 14.7 Å². The maximum absolute atomic E-state index is 12.1. The number of nitrogens with one attached hydrogen (secondary N) is 1. The van der Waals surface area contributed by atoms with E-state index in [2.05, 4.69) is 20.5 Å². The standard InChI is InChI=1S/C13H19N5O3/c1-3-8-9(4-2)16-17-12(14-8)15-13(21)18-7-5-6-10(18)11(19)20/h10H,3-7H2,1-2H3,(H,19,20)(H,14,15,17,21). The molecule has 0 radical (unpaired) electrons. The van der Waals surface area contributed by atoms with E-state index in [0.717, 1.165) is 17.8 Å². The molecule has 0 aliphatic carbocycles. The van der Waals surface area contributed by atoms with Crippen LogP contribution >= 0.6 is 0 Å². The molecule has 8 nitrogen and oxygen atoms in total. The second-order valence-corrected chi connectivity index (χ2v) is 4.86. The number of likely N-dealkylation sites (tertiary alicyclic amines) is 1. The van der Waals surface area contributed by atoms with Crippen LogP contribution in [0.3, 0.4) is 0 Å². The average molecular weight is 293 g/mol. The fraction of sp³-hybridized carbons (Fsp3) is 0.615. The highest BCUT2D eigenvalue weighted by Crippen LogP contribution is 2.18. The summed E-state index contributed by atoms with van der Waals surface area (Å²) < 4.78 is 0. The van der Waals surface area contributed by atoms with Gasteiger partial charge in [-0.1, -0.05) is 13.8 Å². The smallest absolute Gasteiger partial charge is 0.326 e. The lowest BCUT2D eigenvalue weighted by Crippen LogP contribution is -2.43. The van der Waals surface area contributed by atoms with Crippen molar-refractivity contribution in [3.63, 3.8) is 0 Å². The number of rotatable bonds is 4. The number of carboxylic acid groups (broad SMARTS) is 1. The lowest BCUT2D eigenvalue weighted by atomic mass is 10.2. The summed E-state index contributed by atoms with van der Waals surface area (Å²) in [5.74, 6) is -0.873. The highest BCUT2D eigenvalue weighted by molar-refractivity contribution is 5.91. The van der Waals surface area contributed by atoms with Crippen LogP contribution in [0.5, 0.6) is 0 Å². The van der Waals surface area contributed by atoms with E-state index < -0.39 is 18.0 Å². The molecule has 0 spiro atoms. The Bertz CT molecular complexity index is 549. The van der Waals surface area contributed by atoms with Gasteiger partial charge in [0.2, 0.25) is 0 Å². The van der Waals surface area contributed by atoms with Crippen molar-refractivity contribution in [2.75, 3.05) is 11.9 Å². The first kappa shape index (κ1) is 15.1. The van der Waals surface area contributed by atoms with Crippen molar-refractivity contribution >= 4 is 17.9 Å². The Morgan fingerprint density at radius 1 is 1.29 bits per heavy atom. The first-order valence-electron chi connectivity index (χ1n) is 7.09. The summed E-state index contributed by atoms with van der Waals surface area (Å²) in [6.45, 7) is 4.34. The molecular formula is C13H19N5O3. The van der Waals surface area contributed by atoms with Gasteiger partial charge >= 0.3 is 12.0 Å². The number of carbonyl (C=O) groups excluding carboxylic acids is 1. The van der Waals surface area contributed by atoms with Gasteiger partial charge in [0.1, 0.15) is 6.04 Å². The molecule has 1 saturated heterocycles. The molecule has 0 saturated carbocycles. The summed E-state index contributed by atoms with van der Waals surface area (Å²) in [5.41, 5.74) is 1.60. The molecule has 0 bridgehead atoms. The Balaban J connectivity index is 2.11. The van der Waals surface area contributed by atoms with E-state index in [-0.39, 0.29) is 5.95 Å². The third-order valence-electron chi connectivity index (χ3n) is 3.53. The van der Waals surface area contributed by atoms with E-state index in [4.69, 9.17) is 5.11 Å². The number of carboxylic acids is 1. The maximum atomic E-state index is 12.1. The molecule has 1 aliphatic rings. The number of carbonyl (C=O) groups is 2. The Hall–Kier alpha value is -2.25. The molecular weight excluding hydrogens is 274 g/mol. The number of aliphatic carboxylic acids is 1. The van der Waals surface area contributed by atoms with Crippen LogP contribution in [0, 0.1) is 0 Å². The largest absolute Gasteiger partial charge is 0.480 e. The van der Waals surface area contributed by atoms with Gasteiger partial charge in [0.15, 0.2) is 0 Å². The number of anilines is 1. The van der Waals surface area contributed by atoms with E-state index >= 15 is 0 Å². The summed E-state index contributed by atoms with van der Waals surface area (Å²) in [6, 6.07) is -1.27. The molecule has 2 rings (SSSR count). The third-order valence-corrected chi connectivity index (χ3v) is 3.53. The first-order valence-corrected chi connectivity index (χ1v) is 7.09. The average Bonchev–Trinajstić information content (AvgIpc) is 2.96. The first-order chi connectivity index (χ1) is 10.1. The summed E-state index contributed by atoms with van der Waals surface area (Å²) in [6.07, 6.45) is 2.57. The monoisotopic (exact) mass is 293 g/mol. The van der Waals surface area contributed by atoms with E-state index in [9.17, 15) is 9.59 Å². The van der Waals surface area contributed by atoms with Gasteiger partial charge in [-0.3, -0.25) is 5.32 Å². The van der Waals surface area contributed by atoms with Crippen LogP contribution in [0.25, 0.3) is 0 Å². The predicted molar refractivity (Wildman–Crippen MR) is 75.0 cm³/mol. The maximum Gasteiger partial charge on any atom is 0.326 e. The molecule has 114 valence electrons. The van der Waals surface area contributed by atoms with Crippen LogP contribution in [0.2, 0.25) is 0 Å². The quantitative estimate of drug-likeness (QED) is 0.859. The van der Waals surface area contributed by atoms with Gasteiger partial charge in [-0.15, -0.1) is 10.2 Å². The Kier molecular flexibility index (Phi) is 4.66. The lowest BCUT2D eigenvalue weighted by molar-refractivity contribution is -0.141. The minimum atomic E-state index is -0.989. The Morgan fingerprint density at radius 2 is 2.00 bits per heavy atom. The van der Waals surface area contributed by atoms with Crippen molar-refractivity contribution in [3.05, 3.63) is 11.4 Å². The number of nitrogens with zero attached hydrogens (tertiary/aromatic N) is 4. The zero-order valence-corrected chi connectivity index (χ0v) is 12.2. The molecule has 1 atom stereocenters. The summed E-state index contributed by atoms with van der Waals surface area (Å²) in [4.78, 5) is 28.8. The summed E-state index contributed by atoms with van der Waals surface area (Å²) >= 11 is 0. The predicted octanol–water partition coefficient (Wildman–Crippen LogP) is 1.08. The summed E-state index contributed by atoms with van der Waals surface area (Å²) in [5, 5.41) is 19.5. The molecule has 1 fully saturated rings. The van der Waals surface area contributed by atoms with Gasteiger partial charge in [0.05, 0.1) is 11.4 Å². The van der Waals surface area contributed by atoms with Crippen molar-refractivity contribution in [1.82, 2.24) is 20.1 Å². The molecule has 1 aliphatic heterocycles. The van der Waals surface area contributed by atoms with Crippen LogP contribution in [0.15, 0.2) is 0 Å². The van der Waals surface area contributed by atoms with Crippen LogP contribution in [-0.4, -0.2) is 49.8 Å². The van der Waals surface area contributed by atoms with Gasteiger partial charge < -0.3 is 10.0 Å². The minimum Gasteiger partial charge on any atom is -0.480 e. The second-order valence-electron chi connectivity index (χ2n) is 4.86. The number of aryl methyl sites for hydroxylation is 2. The van der Waals surface area contributed by atoms with Gasteiger partial charge in [-0.05, 0) is 25.7 Å². The zero-order chi connectivity index (χ0) is 15.4. The number of amides is 2. The van der Waals surface area contributed by atoms with E-state index in [1.54, 1.807) is 0 Å². The van der Waals surface area contributed by atoms with Crippen molar-refractivity contribution in [2.24, 2.45) is 0 Å². The topological polar surface area (TPSA) is 108 Å². The van der Waals surface area contributed by atoms with Crippen LogP contribution in [-0.2, 0) is 17.6 Å². The number of urea groups is 1. The second kappa shape index (κ2) is 6.47. The fourth-order valence-electron chi connectivity index (χ4n) is 2.42. The number of hydrogen-bond donors (Lipinski definition) is 2. The normalized spacial score (nSPS) is 17.8. The molecule has 0 aromatic carbocycles. The molecule has 21 heavy (non-hydrogen) atoms. The van der Waals surface area contributed by atoms with Crippen molar-refractivity contribution in [2.45, 2.75) is 45.6 Å².